The van der Waals surface area contributed by atoms with Crippen LogP contribution < -0.4 is 15.8 Å². The molecule has 0 aromatic heterocycles. The minimum Gasteiger partial charge on any atom is -0.325 e. The van der Waals surface area contributed by atoms with E-state index in [1.165, 1.54) is 0 Å². The van der Waals surface area contributed by atoms with Gasteiger partial charge in [0.05, 0.1) is 11.3 Å². The Hall–Kier alpha value is -1.31. The largest absolute Gasteiger partial charge is 0.325 e. The lowest BCUT2D eigenvalue weighted by Crippen LogP contribution is -2.48. The Kier molecular flexibility index (Phi) is 7.86. The summed E-state index contributed by atoms with van der Waals surface area (Å²) in [5.41, 5.74) is 6.06. The van der Waals surface area contributed by atoms with E-state index in [2.05, 4.69) is 10.0 Å². The lowest BCUT2D eigenvalue weighted by Gasteiger charge is -2.22. The maximum absolute atomic E-state index is 12.0. The van der Waals surface area contributed by atoms with Gasteiger partial charge in [0.2, 0.25) is 15.9 Å². The zero-order valence-corrected chi connectivity index (χ0v) is 14.7. The van der Waals surface area contributed by atoms with E-state index in [0.717, 1.165) is 6.42 Å². The summed E-state index contributed by atoms with van der Waals surface area (Å²) in [6, 6.07) is 6.45. The van der Waals surface area contributed by atoms with E-state index in [4.69, 9.17) is 5.73 Å². The van der Waals surface area contributed by atoms with Crippen molar-refractivity contribution < 1.29 is 13.2 Å². The molecule has 0 saturated carbocycles. The fourth-order valence-corrected chi connectivity index (χ4v) is 2.42. The Morgan fingerprint density at radius 3 is 2.14 bits per heavy atom. The first-order valence-electron chi connectivity index (χ1n) is 6.91. The summed E-state index contributed by atoms with van der Waals surface area (Å²) in [6.45, 7) is 5.22. The van der Waals surface area contributed by atoms with Gasteiger partial charge >= 0.3 is 0 Å². The van der Waals surface area contributed by atoms with Gasteiger partial charge in [-0.15, -0.1) is 12.4 Å². The van der Waals surface area contributed by atoms with Crippen molar-refractivity contribution in [3.8, 4) is 0 Å². The number of sulfonamides is 1. The van der Waals surface area contributed by atoms with E-state index in [1.807, 2.05) is 6.92 Å². The van der Waals surface area contributed by atoms with E-state index in [9.17, 15) is 13.2 Å². The van der Waals surface area contributed by atoms with Crippen LogP contribution in [0.25, 0.3) is 0 Å². The minimum atomic E-state index is -3.30. The average Bonchev–Trinajstić information content (AvgIpc) is 2.40. The number of carbonyl (C=O) groups excluding carboxylic acids is 1. The zero-order chi connectivity index (χ0) is 16.1. The third-order valence-electron chi connectivity index (χ3n) is 3.08. The molecule has 1 amide bonds. The van der Waals surface area contributed by atoms with Crippen molar-refractivity contribution in [1.29, 1.82) is 0 Å². The first-order chi connectivity index (χ1) is 9.70. The molecule has 126 valence electrons. The molecule has 4 N–H and O–H groups in total. The van der Waals surface area contributed by atoms with Gasteiger partial charge < -0.3 is 11.1 Å². The van der Waals surface area contributed by atoms with Crippen LogP contribution in [-0.4, -0.2) is 25.6 Å². The molecule has 0 radical (unpaired) electrons. The van der Waals surface area contributed by atoms with Gasteiger partial charge in [0.15, 0.2) is 0 Å². The van der Waals surface area contributed by atoms with E-state index in [0.29, 0.717) is 17.8 Å². The molecule has 8 heteroatoms. The number of carbonyl (C=O) groups is 1. The second-order valence-electron chi connectivity index (χ2n) is 5.20. The van der Waals surface area contributed by atoms with Crippen LogP contribution in [0.5, 0.6) is 0 Å². The second kappa shape index (κ2) is 8.36. The molecule has 1 aromatic rings. The number of hydrogen-bond acceptors (Lipinski definition) is 4. The summed E-state index contributed by atoms with van der Waals surface area (Å²) in [5.74, 6) is -0.250. The standard InChI is InChI=1S/C14H23N3O3S.ClH/c1-4-10-14(3,15)13(18)16-11-6-8-12(9-7-11)17-21(19,20)5-2;/h6-9,17H,4-5,10,15H2,1-3H3,(H,16,18);1H. The Bertz CT molecular complexity index is 586. The van der Waals surface area contributed by atoms with E-state index in [1.54, 1.807) is 38.1 Å². The summed E-state index contributed by atoms with van der Waals surface area (Å²) >= 11 is 0. The summed E-state index contributed by atoms with van der Waals surface area (Å²) in [6.07, 6.45) is 1.41. The summed E-state index contributed by atoms with van der Waals surface area (Å²) in [4.78, 5) is 12.0. The van der Waals surface area contributed by atoms with Gasteiger partial charge in [-0.05, 0) is 44.5 Å². The van der Waals surface area contributed by atoms with E-state index < -0.39 is 15.6 Å². The van der Waals surface area contributed by atoms with Crippen LogP contribution in [0.3, 0.4) is 0 Å². The van der Waals surface area contributed by atoms with Crippen LogP contribution in [0.1, 0.15) is 33.6 Å². The van der Waals surface area contributed by atoms with Gasteiger partial charge in [-0.25, -0.2) is 8.42 Å². The van der Waals surface area contributed by atoms with Crippen LogP contribution in [0.15, 0.2) is 24.3 Å². The molecule has 0 saturated heterocycles. The summed E-state index contributed by atoms with van der Waals surface area (Å²) in [5, 5.41) is 2.73. The SMILES string of the molecule is CCCC(C)(N)C(=O)Nc1ccc(NS(=O)(=O)CC)cc1.Cl. The lowest BCUT2D eigenvalue weighted by atomic mass is 9.96. The monoisotopic (exact) mass is 349 g/mol. The lowest BCUT2D eigenvalue weighted by molar-refractivity contribution is -0.120. The van der Waals surface area contributed by atoms with Gasteiger partial charge in [0.1, 0.15) is 0 Å². The van der Waals surface area contributed by atoms with Gasteiger partial charge in [0, 0.05) is 11.4 Å². The molecule has 1 rings (SSSR count). The number of benzene rings is 1. The first kappa shape index (κ1) is 20.7. The smallest absolute Gasteiger partial charge is 0.244 e. The number of hydrogen-bond donors (Lipinski definition) is 3. The number of rotatable bonds is 7. The number of anilines is 2. The quantitative estimate of drug-likeness (QED) is 0.703. The van der Waals surface area contributed by atoms with Crippen molar-refractivity contribution in [2.45, 2.75) is 39.2 Å². The fourth-order valence-electron chi connectivity index (χ4n) is 1.78. The minimum absolute atomic E-state index is 0. The molecule has 0 heterocycles. The predicted octanol–water partition coefficient (Wildman–Crippen LogP) is 2.33. The fraction of sp³-hybridized carbons (Fsp3) is 0.500. The zero-order valence-electron chi connectivity index (χ0n) is 13.0. The highest BCUT2D eigenvalue weighted by Crippen LogP contribution is 2.17. The van der Waals surface area contributed by atoms with Crippen molar-refractivity contribution >= 4 is 39.7 Å². The van der Waals surface area contributed by atoms with Gasteiger partial charge in [0.25, 0.3) is 0 Å². The van der Waals surface area contributed by atoms with Gasteiger partial charge in [-0.3, -0.25) is 9.52 Å². The highest BCUT2D eigenvalue weighted by Gasteiger charge is 2.27. The van der Waals surface area contributed by atoms with E-state index >= 15 is 0 Å². The molecule has 1 aromatic carbocycles. The predicted molar refractivity (Wildman–Crippen MR) is 92.9 cm³/mol. The average molecular weight is 350 g/mol. The first-order valence-corrected chi connectivity index (χ1v) is 8.56. The molecule has 0 fully saturated rings. The van der Waals surface area contributed by atoms with Gasteiger partial charge in [-0.2, -0.15) is 0 Å². The Morgan fingerprint density at radius 1 is 1.18 bits per heavy atom. The molecule has 1 atom stereocenters. The van der Waals surface area contributed by atoms with Crippen molar-refractivity contribution in [3.63, 3.8) is 0 Å². The second-order valence-corrected chi connectivity index (χ2v) is 7.22. The molecule has 0 aliphatic heterocycles. The molecule has 22 heavy (non-hydrogen) atoms. The molecule has 0 spiro atoms. The third-order valence-corrected chi connectivity index (χ3v) is 4.39. The molecule has 0 bridgehead atoms. The Morgan fingerprint density at radius 2 is 1.68 bits per heavy atom. The summed E-state index contributed by atoms with van der Waals surface area (Å²) in [7, 11) is -3.30. The normalized spacial score (nSPS) is 13.6. The van der Waals surface area contributed by atoms with Crippen molar-refractivity contribution in [2.75, 3.05) is 15.8 Å². The molecule has 6 nitrogen and oxygen atoms in total. The molecule has 1 unspecified atom stereocenters. The van der Waals surface area contributed by atoms with E-state index in [-0.39, 0.29) is 24.1 Å². The van der Waals surface area contributed by atoms with Gasteiger partial charge in [-0.1, -0.05) is 13.3 Å². The van der Waals surface area contributed by atoms with Crippen LogP contribution in [0.2, 0.25) is 0 Å². The maximum Gasteiger partial charge on any atom is 0.244 e. The number of halogens is 1. The molecule has 0 aliphatic rings. The van der Waals surface area contributed by atoms with Crippen LogP contribution >= 0.6 is 12.4 Å². The van der Waals surface area contributed by atoms with Crippen molar-refractivity contribution in [2.24, 2.45) is 5.73 Å². The van der Waals surface area contributed by atoms with Crippen LogP contribution in [0.4, 0.5) is 11.4 Å². The molecule has 0 aliphatic carbocycles. The highest BCUT2D eigenvalue weighted by atomic mass is 35.5. The van der Waals surface area contributed by atoms with Crippen LogP contribution in [0, 0.1) is 0 Å². The highest BCUT2D eigenvalue weighted by molar-refractivity contribution is 7.92. The Balaban J connectivity index is 0.00000441. The van der Waals surface area contributed by atoms with Crippen molar-refractivity contribution in [3.05, 3.63) is 24.3 Å². The molecular formula is C14H24ClN3O3S. The topological polar surface area (TPSA) is 101 Å². The number of amides is 1. The molecular weight excluding hydrogens is 326 g/mol. The number of nitrogens with two attached hydrogens (primary N) is 1. The number of nitrogens with one attached hydrogen (secondary N) is 2. The van der Waals surface area contributed by atoms with Crippen molar-refractivity contribution in [1.82, 2.24) is 0 Å². The Labute approximate surface area is 138 Å². The maximum atomic E-state index is 12.0. The summed E-state index contributed by atoms with van der Waals surface area (Å²) < 4.78 is 25.3. The van der Waals surface area contributed by atoms with Crippen LogP contribution in [-0.2, 0) is 14.8 Å². The third kappa shape index (κ3) is 6.21.